The van der Waals surface area contributed by atoms with Gasteiger partial charge < -0.3 is 9.84 Å². The van der Waals surface area contributed by atoms with Crippen molar-refractivity contribution in [1.29, 1.82) is 0 Å². The average Bonchev–Trinajstić information content (AvgIpc) is 2.29. The van der Waals surface area contributed by atoms with Crippen molar-refractivity contribution < 1.29 is 23.4 Å². The molecule has 1 aromatic rings. The van der Waals surface area contributed by atoms with Gasteiger partial charge in [0.2, 0.25) is 0 Å². The number of halogens is 4. The van der Waals surface area contributed by atoms with E-state index in [4.69, 9.17) is 33.0 Å². The fourth-order valence-electron chi connectivity index (χ4n) is 1.36. The van der Waals surface area contributed by atoms with E-state index in [2.05, 4.69) is 0 Å². The van der Waals surface area contributed by atoms with Crippen LogP contribution < -0.4 is 4.74 Å². The van der Waals surface area contributed by atoms with Crippen molar-refractivity contribution in [3.05, 3.63) is 27.7 Å². The van der Waals surface area contributed by atoms with Crippen molar-refractivity contribution in [2.24, 2.45) is 0 Å². The molecular weight excluding hydrogens is 289 g/mol. The summed E-state index contributed by atoms with van der Waals surface area (Å²) in [6, 6.07) is 2.17. The van der Waals surface area contributed by atoms with Gasteiger partial charge in [-0.05, 0) is 6.07 Å². The molecule has 0 atom stereocenters. The SMILES string of the molecule is COc1cc(Cl)c(C(F)(F)CCC(=O)O)cc1Cl. The molecule has 0 aliphatic heterocycles. The first-order valence-corrected chi connectivity index (χ1v) is 5.66. The largest absolute Gasteiger partial charge is 0.495 e. The van der Waals surface area contributed by atoms with Gasteiger partial charge in [-0.15, -0.1) is 0 Å². The van der Waals surface area contributed by atoms with Crippen LogP contribution in [0.15, 0.2) is 12.1 Å². The summed E-state index contributed by atoms with van der Waals surface area (Å²) in [5.41, 5.74) is -0.504. The Morgan fingerprint density at radius 3 is 2.50 bits per heavy atom. The molecule has 0 spiro atoms. The van der Waals surface area contributed by atoms with Gasteiger partial charge in [-0.2, -0.15) is 0 Å². The normalized spacial score (nSPS) is 11.4. The molecule has 0 aromatic heterocycles. The smallest absolute Gasteiger partial charge is 0.303 e. The molecule has 0 saturated heterocycles. The van der Waals surface area contributed by atoms with Gasteiger partial charge in [-0.1, -0.05) is 23.2 Å². The first-order chi connectivity index (χ1) is 8.27. The maximum absolute atomic E-state index is 13.7. The second-order valence-electron chi connectivity index (χ2n) is 3.56. The van der Waals surface area contributed by atoms with E-state index in [1.54, 1.807) is 0 Å². The van der Waals surface area contributed by atoms with E-state index in [0.29, 0.717) is 0 Å². The van der Waals surface area contributed by atoms with E-state index in [9.17, 15) is 13.6 Å². The summed E-state index contributed by atoms with van der Waals surface area (Å²) in [4.78, 5) is 10.3. The maximum atomic E-state index is 13.7. The molecule has 0 aliphatic rings. The van der Waals surface area contributed by atoms with Crippen LogP contribution in [0.4, 0.5) is 8.78 Å². The van der Waals surface area contributed by atoms with Crippen LogP contribution in [0.2, 0.25) is 10.0 Å². The van der Waals surface area contributed by atoms with Crippen molar-refractivity contribution in [2.45, 2.75) is 18.8 Å². The van der Waals surface area contributed by atoms with Gasteiger partial charge in [-0.25, -0.2) is 8.78 Å². The van der Waals surface area contributed by atoms with Crippen LogP contribution >= 0.6 is 23.2 Å². The Labute approximate surface area is 112 Å². The predicted octanol–water partition coefficient (Wildman–Crippen LogP) is 3.96. The standard InChI is InChI=1S/C11H10Cl2F2O3/c1-18-9-5-7(12)6(4-8(9)13)11(14,15)3-2-10(16)17/h4-5H,2-3H2,1H3,(H,16,17). The Bertz CT molecular complexity index is 464. The molecule has 0 saturated carbocycles. The summed E-state index contributed by atoms with van der Waals surface area (Å²) in [5, 5.41) is 8.19. The molecule has 0 aliphatic carbocycles. The molecule has 3 nitrogen and oxygen atoms in total. The van der Waals surface area contributed by atoms with E-state index in [-0.39, 0.29) is 15.8 Å². The Morgan fingerprint density at radius 1 is 1.39 bits per heavy atom. The molecule has 7 heteroatoms. The zero-order chi connectivity index (χ0) is 13.9. The third-order valence-corrected chi connectivity index (χ3v) is 2.90. The third-order valence-electron chi connectivity index (χ3n) is 2.29. The van der Waals surface area contributed by atoms with Crippen molar-refractivity contribution in [1.82, 2.24) is 0 Å². The highest BCUT2D eigenvalue weighted by Crippen LogP contribution is 2.41. The number of carboxylic acid groups (broad SMARTS) is 1. The molecule has 100 valence electrons. The van der Waals surface area contributed by atoms with E-state index in [1.165, 1.54) is 13.2 Å². The van der Waals surface area contributed by atoms with E-state index in [0.717, 1.165) is 6.07 Å². The second kappa shape index (κ2) is 5.71. The topological polar surface area (TPSA) is 46.5 Å². The number of hydrogen-bond donors (Lipinski definition) is 1. The molecular formula is C11H10Cl2F2O3. The molecule has 0 bridgehead atoms. The lowest BCUT2D eigenvalue weighted by Crippen LogP contribution is -2.16. The summed E-state index contributed by atoms with van der Waals surface area (Å²) < 4.78 is 32.3. The van der Waals surface area contributed by atoms with Crippen LogP contribution in [0.3, 0.4) is 0 Å². The predicted molar refractivity (Wildman–Crippen MR) is 63.8 cm³/mol. The van der Waals surface area contributed by atoms with Gasteiger partial charge in [0, 0.05) is 18.1 Å². The van der Waals surface area contributed by atoms with Gasteiger partial charge in [0.05, 0.1) is 23.6 Å². The Balaban J connectivity index is 3.08. The molecule has 1 aromatic carbocycles. The highest BCUT2D eigenvalue weighted by atomic mass is 35.5. The first kappa shape index (κ1) is 15.0. The average molecular weight is 299 g/mol. The van der Waals surface area contributed by atoms with Gasteiger partial charge in [0.25, 0.3) is 5.92 Å². The van der Waals surface area contributed by atoms with Crippen molar-refractivity contribution in [2.75, 3.05) is 7.11 Å². The number of methoxy groups -OCH3 is 1. The third kappa shape index (κ3) is 3.46. The van der Waals surface area contributed by atoms with E-state index in [1.807, 2.05) is 0 Å². The van der Waals surface area contributed by atoms with Gasteiger partial charge in [0.1, 0.15) is 5.75 Å². The number of rotatable bonds is 5. The van der Waals surface area contributed by atoms with Crippen LogP contribution in [0.5, 0.6) is 5.75 Å². The van der Waals surface area contributed by atoms with E-state index < -0.39 is 30.3 Å². The molecule has 0 amide bonds. The first-order valence-electron chi connectivity index (χ1n) is 4.91. The summed E-state index contributed by atoms with van der Waals surface area (Å²) in [7, 11) is 1.33. The number of alkyl halides is 2. The quantitative estimate of drug-likeness (QED) is 0.895. The molecule has 0 fully saturated rings. The van der Waals surface area contributed by atoms with Crippen molar-refractivity contribution in [3.8, 4) is 5.75 Å². The Kier molecular flexibility index (Phi) is 4.76. The fourth-order valence-corrected chi connectivity index (χ4v) is 1.90. The monoisotopic (exact) mass is 298 g/mol. The minimum absolute atomic E-state index is 0.00750. The lowest BCUT2D eigenvalue weighted by atomic mass is 10.0. The number of ether oxygens (including phenoxy) is 1. The van der Waals surface area contributed by atoms with Gasteiger partial charge >= 0.3 is 5.97 Å². The minimum Gasteiger partial charge on any atom is -0.495 e. The highest BCUT2D eigenvalue weighted by Gasteiger charge is 2.35. The lowest BCUT2D eigenvalue weighted by Gasteiger charge is -2.18. The van der Waals surface area contributed by atoms with Crippen LogP contribution in [-0.2, 0) is 10.7 Å². The van der Waals surface area contributed by atoms with Crippen LogP contribution in [0, 0.1) is 0 Å². The number of aliphatic carboxylic acids is 1. The molecule has 18 heavy (non-hydrogen) atoms. The zero-order valence-electron chi connectivity index (χ0n) is 9.34. The molecule has 1 N–H and O–H groups in total. The fraction of sp³-hybridized carbons (Fsp3) is 0.364. The van der Waals surface area contributed by atoms with Crippen LogP contribution in [0.1, 0.15) is 18.4 Å². The number of carbonyl (C=O) groups is 1. The Morgan fingerprint density at radius 2 is 2.00 bits per heavy atom. The second-order valence-corrected chi connectivity index (χ2v) is 4.38. The molecule has 1 rings (SSSR count). The summed E-state index contributed by atoms with van der Waals surface area (Å²) in [6.45, 7) is 0. The number of carboxylic acids is 1. The number of hydrogen-bond acceptors (Lipinski definition) is 2. The highest BCUT2D eigenvalue weighted by molar-refractivity contribution is 6.34. The lowest BCUT2D eigenvalue weighted by molar-refractivity contribution is -0.139. The molecule has 0 heterocycles. The van der Waals surface area contributed by atoms with Crippen molar-refractivity contribution in [3.63, 3.8) is 0 Å². The molecule has 0 radical (unpaired) electrons. The summed E-state index contributed by atoms with van der Waals surface area (Å²) in [5.74, 6) is -4.48. The zero-order valence-corrected chi connectivity index (χ0v) is 10.9. The van der Waals surface area contributed by atoms with Gasteiger partial charge in [-0.3, -0.25) is 4.79 Å². The van der Waals surface area contributed by atoms with Crippen LogP contribution in [-0.4, -0.2) is 18.2 Å². The van der Waals surface area contributed by atoms with Crippen LogP contribution in [0.25, 0.3) is 0 Å². The minimum atomic E-state index is -3.36. The Hall–Kier alpha value is -1.07. The van der Waals surface area contributed by atoms with E-state index >= 15 is 0 Å². The number of benzene rings is 1. The summed E-state index contributed by atoms with van der Waals surface area (Å²) in [6.07, 6.45) is -1.50. The maximum Gasteiger partial charge on any atom is 0.303 e. The molecule has 0 unspecified atom stereocenters. The van der Waals surface area contributed by atoms with Crippen molar-refractivity contribution >= 4 is 29.2 Å². The summed E-state index contributed by atoms with van der Waals surface area (Å²) >= 11 is 11.5. The van der Waals surface area contributed by atoms with Gasteiger partial charge in [0.15, 0.2) is 0 Å².